The first-order valence-corrected chi connectivity index (χ1v) is 12.1. The van der Waals surface area contributed by atoms with Crippen molar-refractivity contribution in [1.82, 2.24) is 9.55 Å². The molecular weight excluding hydrogens is 508 g/mol. The van der Waals surface area contributed by atoms with Crippen molar-refractivity contribution in [3.8, 4) is 11.5 Å². The van der Waals surface area contributed by atoms with Crippen LogP contribution in [0.4, 0.5) is 0 Å². The highest BCUT2D eigenvalue weighted by molar-refractivity contribution is 9.10. The molecule has 0 aliphatic carbocycles. The fourth-order valence-corrected chi connectivity index (χ4v) is 5.17. The molecule has 0 saturated carbocycles. The van der Waals surface area contributed by atoms with Crippen LogP contribution in [0, 0.1) is 6.92 Å². The second kappa shape index (κ2) is 9.77. The van der Waals surface area contributed by atoms with E-state index in [2.05, 4.69) is 40.8 Å². The predicted octanol–water partition coefficient (Wildman–Crippen LogP) is 6.47. The average Bonchev–Trinajstić information content (AvgIpc) is 3.37. The van der Waals surface area contributed by atoms with Gasteiger partial charge in [0, 0.05) is 17.0 Å². The predicted molar refractivity (Wildman–Crippen MR) is 131 cm³/mol. The van der Waals surface area contributed by atoms with E-state index in [1.54, 1.807) is 6.92 Å². The van der Waals surface area contributed by atoms with E-state index in [1.807, 2.05) is 41.8 Å². The number of esters is 1. The number of ether oxygens (including phenoxy) is 3. The number of aromatic nitrogens is 2. The van der Waals surface area contributed by atoms with Gasteiger partial charge in [0.2, 0.25) is 6.79 Å². The van der Waals surface area contributed by atoms with E-state index < -0.39 is 5.97 Å². The van der Waals surface area contributed by atoms with Gasteiger partial charge in [-0.25, -0.2) is 9.78 Å². The normalized spacial score (nSPS) is 13.4. The van der Waals surface area contributed by atoms with Crippen LogP contribution < -0.4 is 9.47 Å². The van der Waals surface area contributed by atoms with Crippen LogP contribution in [0.2, 0.25) is 5.02 Å². The second-order valence-corrected chi connectivity index (χ2v) is 9.40. The number of imidazole rings is 1. The zero-order valence-corrected chi connectivity index (χ0v) is 21.4. The maximum atomic E-state index is 12.9. The van der Waals surface area contributed by atoms with Crippen molar-refractivity contribution in [3.05, 3.63) is 74.2 Å². The van der Waals surface area contributed by atoms with Gasteiger partial charge in [0.1, 0.15) is 0 Å². The van der Waals surface area contributed by atoms with E-state index in [9.17, 15) is 4.79 Å². The van der Waals surface area contributed by atoms with E-state index >= 15 is 0 Å². The molecule has 8 heteroatoms. The molecule has 1 aliphatic heterocycles. The van der Waals surface area contributed by atoms with Crippen LogP contribution in [0.25, 0.3) is 0 Å². The molecule has 174 valence electrons. The van der Waals surface area contributed by atoms with Gasteiger partial charge in [-0.3, -0.25) is 0 Å². The van der Waals surface area contributed by atoms with Crippen LogP contribution >= 0.6 is 27.5 Å². The van der Waals surface area contributed by atoms with Gasteiger partial charge in [-0.2, -0.15) is 0 Å². The Balaban J connectivity index is 1.88. The van der Waals surface area contributed by atoms with E-state index in [4.69, 9.17) is 25.8 Å². The van der Waals surface area contributed by atoms with E-state index in [0.29, 0.717) is 21.9 Å². The number of carbonyl (C=O) groups is 1. The van der Waals surface area contributed by atoms with Crippen LogP contribution in [0.3, 0.4) is 0 Å². The fourth-order valence-electron chi connectivity index (χ4n) is 4.27. The molecule has 2 heterocycles. The van der Waals surface area contributed by atoms with Crippen LogP contribution in [-0.2, 0) is 11.2 Å². The zero-order chi connectivity index (χ0) is 23.7. The molecule has 3 aromatic rings. The Hall–Kier alpha value is -2.51. The standard InChI is InChI=1S/C25H26BrClN2O4/c1-5-31-24(30)21-22(29(14(2)3)25(26)28-21)19(17-6-8-18(27)9-7-17)11-16-10-15(4)23-20(12-16)32-13-33-23/h6-10,12,14,19H,5,11,13H2,1-4H3. The topological polar surface area (TPSA) is 62.6 Å². The smallest absolute Gasteiger partial charge is 0.358 e. The zero-order valence-electron chi connectivity index (χ0n) is 19.0. The Morgan fingerprint density at radius 1 is 1.24 bits per heavy atom. The summed E-state index contributed by atoms with van der Waals surface area (Å²) in [4.78, 5) is 17.5. The lowest BCUT2D eigenvalue weighted by molar-refractivity contribution is 0.0518. The third-order valence-corrected chi connectivity index (χ3v) is 6.46. The van der Waals surface area contributed by atoms with Crippen LogP contribution in [0.5, 0.6) is 11.5 Å². The summed E-state index contributed by atoms with van der Waals surface area (Å²) in [5, 5.41) is 0.653. The van der Waals surface area contributed by atoms with Gasteiger partial charge < -0.3 is 18.8 Å². The summed E-state index contributed by atoms with van der Waals surface area (Å²) >= 11 is 9.75. The molecule has 6 nitrogen and oxygen atoms in total. The molecule has 1 atom stereocenters. The minimum Gasteiger partial charge on any atom is -0.461 e. The van der Waals surface area contributed by atoms with Crippen LogP contribution in [0.1, 0.15) is 65.6 Å². The Kier molecular flexibility index (Phi) is 7.00. The van der Waals surface area contributed by atoms with Crippen molar-refractivity contribution in [2.24, 2.45) is 0 Å². The highest BCUT2D eigenvalue weighted by atomic mass is 79.9. The Morgan fingerprint density at radius 2 is 1.97 bits per heavy atom. The number of fused-ring (bicyclic) bond motifs is 1. The van der Waals surface area contributed by atoms with Crippen molar-refractivity contribution in [3.63, 3.8) is 0 Å². The summed E-state index contributed by atoms with van der Waals surface area (Å²) in [6, 6.07) is 11.9. The van der Waals surface area contributed by atoms with E-state index in [0.717, 1.165) is 33.9 Å². The van der Waals surface area contributed by atoms with E-state index in [1.165, 1.54) is 0 Å². The number of aryl methyl sites for hydroxylation is 1. The van der Waals surface area contributed by atoms with Gasteiger partial charge in [-0.1, -0.05) is 29.8 Å². The molecule has 0 amide bonds. The molecule has 1 unspecified atom stereocenters. The summed E-state index contributed by atoms with van der Waals surface area (Å²) in [6.07, 6.45) is 0.621. The largest absolute Gasteiger partial charge is 0.461 e. The summed E-state index contributed by atoms with van der Waals surface area (Å²) in [5.41, 5.74) is 4.22. The summed E-state index contributed by atoms with van der Waals surface area (Å²) in [6.45, 7) is 8.42. The Bertz CT molecular complexity index is 1170. The van der Waals surface area contributed by atoms with Gasteiger partial charge >= 0.3 is 5.97 Å². The molecule has 0 bridgehead atoms. The molecule has 1 aliphatic rings. The third kappa shape index (κ3) is 4.75. The molecule has 1 aromatic heterocycles. The quantitative estimate of drug-likeness (QED) is 0.326. The van der Waals surface area contributed by atoms with Crippen molar-refractivity contribution >= 4 is 33.5 Å². The minimum atomic E-state index is -0.437. The maximum Gasteiger partial charge on any atom is 0.358 e. The molecule has 0 N–H and O–H groups in total. The number of nitrogens with zero attached hydrogens (tertiary/aromatic N) is 2. The number of carbonyl (C=O) groups excluding carboxylic acids is 1. The molecule has 0 radical (unpaired) electrons. The first-order valence-electron chi connectivity index (χ1n) is 10.9. The SMILES string of the molecule is CCOC(=O)c1nc(Br)n(C(C)C)c1C(Cc1cc(C)c2c(c1)OCO2)c1ccc(Cl)cc1. The lowest BCUT2D eigenvalue weighted by Crippen LogP contribution is -2.18. The lowest BCUT2D eigenvalue weighted by atomic mass is 9.87. The number of hydrogen-bond donors (Lipinski definition) is 0. The highest BCUT2D eigenvalue weighted by Gasteiger charge is 2.31. The van der Waals surface area contributed by atoms with Crippen molar-refractivity contribution in [2.75, 3.05) is 13.4 Å². The molecule has 4 rings (SSSR count). The lowest BCUT2D eigenvalue weighted by Gasteiger charge is -2.24. The van der Waals surface area contributed by atoms with Crippen LogP contribution in [0.15, 0.2) is 41.1 Å². The number of benzene rings is 2. The van der Waals surface area contributed by atoms with Crippen molar-refractivity contribution in [1.29, 1.82) is 0 Å². The van der Waals surface area contributed by atoms with Gasteiger partial charge in [0.05, 0.1) is 12.3 Å². The number of halogens is 2. The first-order chi connectivity index (χ1) is 15.8. The van der Waals surface area contributed by atoms with Gasteiger partial charge in [0.25, 0.3) is 0 Å². The second-order valence-electron chi connectivity index (χ2n) is 8.25. The molecule has 0 saturated heterocycles. The summed E-state index contributed by atoms with van der Waals surface area (Å²) < 4.78 is 19.2. The number of hydrogen-bond acceptors (Lipinski definition) is 5. The molecule has 33 heavy (non-hydrogen) atoms. The summed E-state index contributed by atoms with van der Waals surface area (Å²) in [7, 11) is 0. The van der Waals surface area contributed by atoms with E-state index in [-0.39, 0.29) is 25.4 Å². The monoisotopic (exact) mass is 532 g/mol. The minimum absolute atomic E-state index is 0.0679. The Labute approximate surface area is 207 Å². The Morgan fingerprint density at radius 3 is 2.64 bits per heavy atom. The average molecular weight is 534 g/mol. The molecule has 0 spiro atoms. The van der Waals surface area contributed by atoms with Crippen LogP contribution in [-0.4, -0.2) is 28.9 Å². The molecule has 0 fully saturated rings. The molecule has 2 aromatic carbocycles. The highest BCUT2D eigenvalue weighted by Crippen LogP contribution is 2.40. The fraction of sp³-hybridized carbons (Fsp3) is 0.360. The molecular formula is C25H26BrClN2O4. The van der Waals surface area contributed by atoms with Gasteiger partial charge in [0.15, 0.2) is 21.9 Å². The van der Waals surface area contributed by atoms with Gasteiger partial charge in [-0.15, -0.1) is 0 Å². The first kappa shape index (κ1) is 23.6. The third-order valence-electron chi connectivity index (χ3n) is 5.65. The summed E-state index contributed by atoms with van der Waals surface area (Å²) in [5.74, 6) is 0.907. The maximum absolute atomic E-state index is 12.9. The van der Waals surface area contributed by atoms with Crippen molar-refractivity contribution in [2.45, 2.75) is 46.1 Å². The van der Waals surface area contributed by atoms with Gasteiger partial charge in [-0.05, 0) is 84.9 Å². The van der Waals surface area contributed by atoms with Crippen molar-refractivity contribution < 1.29 is 19.0 Å². The number of rotatable bonds is 7.